The third-order valence-corrected chi connectivity index (χ3v) is 3.36. The SMILES string of the molecule is CCCCCCCCCCC=CC=CC=CC=CC=CCl. The molecule has 0 radical (unpaired) electrons. The average Bonchev–Trinajstić information content (AvgIpc) is 2.50. The zero-order chi connectivity index (χ0) is 15.4. The predicted molar refractivity (Wildman–Crippen MR) is 98.8 cm³/mol. The Hall–Kier alpha value is -1.01. The first-order valence-corrected chi connectivity index (χ1v) is 8.77. The van der Waals surface area contributed by atoms with Crippen molar-refractivity contribution in [3.8, 4) is 0 Å². The van der Waals surface area contributed by atoms with Crippen molar-refractivity contribution in [1.82, 2.24) is 0 Å². The fourth-order valence-corrected chi connectivity index (χ4v) is 2.08. The fourth-order valence-electron chi connectivity index (χ4n) is 2.00. The van der Waals surface area contributed by atoms with Crippen LogP contribution in [0.25, 0.3) is 0 Å². The third-order valence-electron chi connectivity index (χ3n) is 3.21. The van der Waals surface area contributed by atoms with Gasteiger partial charge in [0, 0.05) is 5.54 Å². The maximum absolute atomic E-state index is 5.39. The van der Waals surface area contributed by atoms with Crippen molar-refractivity contribution < 1.29 is 0 Å². The van der Waals surface area contributed by atoms with E-state index in [2.05, 4.69) is 25.2 Å². The number of unbranched alkanes of at least 4 members (excludes halogenated alkanes) is 8. The fraction of sp³-hybridized carbons (Fsp3) is 0.500. The van der Waals surface area contributed by atoms with Gasteiger partial charge in [0.15, 0.2) is 0 Å². The summed E-state index contributed by atoms with van der Waals surface area (Å²) in [5.41, 5.74) is 1.49. The largest absolute Gasteiger partial charge is 0.0930 e. The van der Waals surface area contributed by atoms with E-state index in [1.165, 1.54) is 63.3 Å². The lowest BCUT2D eigenvalue weighted by Crippen LogP contribution is -1.79. The Morgan fingerprint density at radius 3 is 1.62 bits per heavy atom. The Morgan fingerprint density at radius 1 is 0.571 bits per heavy atom. The molecule has 118 valence electrons. The van der Waals surface area contributed by atoms with E-state index >= 15 is 0 Å². The highest BCUT2D eigenvalue weighted by atomic mass is 35.5. The Balaban J connectivity index is 3.36. The van der Waals surface area contributed by atoms with E-state index in [9.17, 15) is 0 Å². The van der Waals surface area contributed by atoms with Crippen LogP contribution in [0.3, 0.4) is 0 Å². The van der Waals surface area contributed by atoms with Gasteiger partial charge in [0.2, 0.25) is 0 Å². The van der Waals surface area contributed by atoms with Gasteiger partial charge in [0.05, 0.1) is 0 Å². The van der Waals surface area contributed by atoms with Crippen LogP contribution in [-0.2, 0) is 0 Å². The summed E-state index contributed by atoms with van der Waals surface area (Å²) in [5.74, 6) is 0. The monoisotopic (exact) mass is 306 g/mol. The molecule has 1 heteroatoms. The van der Waals surface area contributed by atoms with Crippen LogP contribution in [0.4, 0.5) is 0 Å². The molecule has 0 aliphatic heterocycles. The summed E-state index contributed by atoms with van der Waals surface area (Å²) in [7, 11) is 0. The summed E-state index contributed by atoms with van der Waals surface area (Å²) in [4.78, 5) is 0. The van der Waals surface area contributed by atoms with E-state index in [0.29, 0.717) is 0 Å². The van der Waals surface area contributed by atoms with Crippen LogP contribution in [0.2, 0.25) is 0 Å². The molecule has 0 fully saturated rings. The van der Waals surface area contributed by atoms with Crippen molar-refractivity contribution in [2.24, 2.45) is 0 Å². The number of rotatable bonds is 13. The summed E-state index contributed by atoms with van der Waals surface area (Å²) >= 11 is 5.39. The standard InChI is InChI=1S/C20H31Cl/c1-2-3-4-5-6-7-8-9-10-11-12-13-14-15-16-17-18-19-20-21/h11-20H,2-10H2,1H3. The van der Waals surface area contributed by atoms with Gasteiger partial charge in [-0.15, -0.1) is 0 Å². The molecule has 0 aliphatic rings. The molecule has 21 heavy (non-hydrogen) atoms. The van der Waals surface area contributed by atoms with Crippen molar-refractivity contribution in [1.29, 1.82) is 0 Å². The van der Waals surface area contributed by atoms with Gasteiger partial charge in [-0.3, -0.25) is 0 Å². The Bertz CT molecular complexity index is 332. The van der Waals surface area contributed by atoms with Crippen LogP contribution in [0.5, 0.6) is 0 Å². The molecule has 0 atom stereocenters. The molecule has 0 amide bonds. The van der Waals surface area contributed by atoms with Crippen molar-refractivity contribution in [3.63, 3.8) is 0 Å². The summed E-state index contributed by atoms with van der Waals surface area (Å²) in [6.45, 7) is 2.27. The highest BCUT2D eigenvalue weighted by Crippen LogP contribution is 2.09. The van der Waals surface area contributed by atoms with E-state index in [1.807, 2.05) is 30.4 Å². The summed E-state index contributed by atoms with van der Waals surface area (Å²) in [6.07, 6.45) is 30.5. The van der Waals surface area contributed by atoms with E-state index in [0.717, 1.165) is 0 Å². The molecule has 0 N–H and O–H groups in total. The number of allylic oxidation sites excluding steroid dienone is 9. The first kappa shape index (κ1) is 20.0. The third kappa shape index (κ3) is 19.0. The predicted octanol–water partition coefficient (Wildman–Crippen LogP) is 7.49. The number of hydrogen-bond donors (Lipinski definition) is 0. The Labute approximate surface area is 137 Å². The van der Waals surface area contributed by atoms with E-state index < -0.39 is 0 Å². The van der Waals surface area contributed by atoms with Crippen LogP contribution in [0.15, 0.2) is 60.2 Å². The van der Waals surface area contributed by atoms with Crippen LogP contribution >= 0.6 is 11.6 Å². The van der Waals surface area contributed by atoms with Gasteiger partial charge in [-0.2, -0.15) is 0 Å². The quantitative estimate of drug-likeness (QED) is 0.244. The Morgan fingerprint density at radius 2 is 1.05 bits per heavy atom. The molecule has 0 rings (SSSR count). The van der Waals surface area contributed by atoms with Gasteiger partial charge in [0.1, 0.15) is 0 Å². The molecule has 0 aromatic carbocycles. The Kier molecular flexibility index (Phi) is 18.1. The molecule has 0 nitrogen and oxygen atoms in total. The van der Waals surface area contributed by atoms with Crippen LogP contribution < -0.4 is 0 Å². The van der Waals surface area contributed by atoms with Gasteiger partial charge in [0.25, 0.3) is 0 Å². The second kappa shape index (κ2) is 19.0. The average molecular weight is 307 g/mol. The molecular formula is C20H31Cl. The summed E-state index contributed by atoms with van der Waals surface area (Å²) in [6, 6.07) is 0. The minimum absolute atomic E-state index is 1.20. The molecule has 0 bridgehead atoms. The second-order valence-corrected chi connectivity index (χ2v) is 5.42. The maximum Gasteiger partial charge on any atom is 0.00424 e. The molecule has 0 unspecified atom stereocenters. The van der Waals surface area contributed by atoms with Crippen molar-refractivity contribution in [2.45, 2.75) is 64.7 Å². The summed E-state index contributed by atoms with van der Waals surface area (Å²) in [5, 5.41) is 0. The van der Waals surface area contributed by atoms with Gasteiger partial charge >= 0.3 is 0 Å². The lowest BCUT2D eigenvalue weighted by Gasteiger charge is -1.99. The van der Waals surface area contributed by atoms with Crippen molar-refractivity contribution >= 4 is 11.6 Å². The molecule has 0 aromatic heterocycles. The smallest absolute Gasteiger partial charge is 0.00424 e. The van der Waals surface area contributed by atoms with Crippen LogP contribution in [0, 0.1) is 0 Å². The molecule has 0 aromatic rings. The maximum atomic E-state index is 5.39. The minimum atomic E-state index is 1.20. The number of hydrogen-bond acceptors (Lipinski definition) is 0. The first-order chi connectivity index (χ1) is 10.4. The van der Waals surface area contributed by atoms with E-state index in [-0.39, 0.29) is 0 Å². The van der Waals surface area contributed by atoms with E-state index in [4.69, 9.17) is 11.6 Å². The van der Waals surface area contributed by atoms with Crippen molar-refractivity contribution in [3.05, 3.63) is 60.2 Å². The molecule has 0 spiro atoms. The zero-order valence-electron chi connectivity index (χ0n) is 13.5. The highest BCUT2D eigenvalue weighted by molar-refractivity contribution is 6.25. The van der Waals surface area contributed by atoms with E-state index in [1.54, 1.807) is 6.08 Å². The molecule has 0 saturated carbocycles. The second-order valence-electron chi connectivity index (χ2n) is 5.16. The molecule has 0 aliphatic carbocycles. The topological polar surface area (TPSA) is 0 Å². The molecule has 0 heterocycles. The minimum Gasteiger partial charge on any atom is -0.0930 e. The van der Waals surface area contributed by atoms with Gasteiger partial charge in [-0.05, 0) is 12.8 Å². The first-order valence-electron chi connectivity index (χ1n) is 8.33. The normalized spacial score (nSPS) is 13.0. The number of halogens is 1. The van der Waals surface area contributed by atoms with Crippen LogP contribution in [0.1, 0.15) is 64.7 Å². The lowest BCUT2D eigenvalue weighted by molar-refractivity contribution is 0.577. The summed E-state index contributed by atoms with van der Waals surface area (Å²) < 4.78 is 0. The van der Waals surface area contributed by atoms with Gasteiger partial charge in [-0.25, -0.2) is 0 Å². The lowest BCUT2D eigenvalue weighted by atomic mass is 10.1. The van der Waals surface area contributed by atoms with Crippen LogP contribution in [-0.4, -0.2) is 0 Å². The van der Waals surface area contributed by atoms with Gasteiger partial charge < -0.3 is 0 Å². The zero-order valence-corrected chi connectivity index (χ0v) is 14.3. The van der Waals surface area contributed by atoms with Gasteiger partial charge in [-0.1, -0.05) is 118 Å². The van der Waals surface area contributed by atoms with Crippen molar-refractivity contribution in [2.75, 3.05) is 0 Å². The molecule has 0 saturated heterocycles. The molecular weight excluding hydrogens is 276 g/mol. The highest BCUT2D eigenvalue weighted by Gasteiger charge is 1.89.